The number of aryl methyl sites for hydroxylation is 1. The highest BCUT2D eigenvalue weighted by Crippen LogP contribution is 2.17. The van der Waals surface area contributed by atoms with Gasteiger partial charge >= 0.3 is 0 Å². The number of aromatic amines is 1. The summed E-state index contributed by atoms with van der Waals surface area (Å²) in [5.41, 5.74) is 1.04. The molecule has 0 aliphatic carbocycles. The van der Waals surface area contributed by atoms with Crippen LogP contribution in [0.15, 0.2) is 4.47 Å². The summed E-state index contributed by atoms with van der Waals surface area (Å²) in [6.07, 6.45) is 0. The maximum atomic E-state index is 5.07. The lowest BCUT2D eigenvalue weighted by Gasteiger charge is -2.06. The first-order chi connectivity index (χ1) is 5.52. The lowest BCUT2D eigenvalue weighted by atomic mass is 10.2. The van der Waals surface area contributed by atoms with Crippen LogP contribution in [0, 0.1) is 11.6 Å². The molecule has 1 aromatic rings. The molecule has 0 saturated heterocycles. The molecule has 0 bridgehead atoms. The number of hydrogen-bond acceptors (Lipinski definition) is 2. The molecule has 0 spiro atoms. The Kier molecular flexibility index (Phi) is 3.01. The first-order valence-corrected chi connectivity index (χ1v) is 4.98. The SMILES string of the molecule is Cc1[nH]c(C(C)C)nc(=S)c1Br. The third kappa shape index (κ3) is 1.93. The van der Waals surface area contributed by atoms with Gasteiger partial charge in [-0.25, -0.2) is 4.98 Å². The van der Waals surface area contributed by atoms with E-state index in [0.29, 0.717) is 10.6 Å². The summed E-state index contributed by atoms with van der Waals surface area (Å²) >= 11 is 8.43. The van der Waals surface area contributed by atoms with Gasteiger partial charge in [0, 0.05) is 11.6 Å². The Morgan fingerprint density at radius 2 is 2.08 bits per heavy atom. The number of aromatic nitrogens is 2. The highest BCUT2D eigenvalue weighted by molar-refractivity contribution is 9.10. The fourth-order valence-electron chi connectivity index (χ4n) is 0.867. The van der Waals surface area contributed by atoms with E-state index in [0.717, 1.165) is 16.0 Å². The minimum absolute atomic E-state index is 0.387. The van der Waals surface area contributed by atoms with Gasteiger partial charge in [-0.15, -0.1) is 0 Å². The second-order valence-electron chi connectivity index (χ2n) is 3.02. The van der Waals surface area contributed by atoms with E-state index >= 15 is 0 Å². The van der Waals surface area contributed by atoms with Crippen LogP contribution in [0.3, 0.4) is 0 Å². The normalized spacial score (nSPS) is 10.8. The van der Waals surface area contributed by atoms with Gasteiger partial charge in [-0.05, 0) is 22.9 Å². The quantitative estimate of drug-likeness (QED) is 0.771. The van der Waals surface area contributed by atoms with Crippen LogP contribution in [0.2, 0.25) is 0 Å². The van der Waals surface area contributed by atoms with Crippen molar-refractivity contribution in [1.82, 2.24) is 9.97 Å². The Balaban J connectivity index is 3.31. The van der Waals surface area contributed by atoms with E-state index in [1.807, 2.05) is 6.92 Å². The van der Waals surface area contributed by atoms with E-state index in [1.54, 1.807) is 0 Å². The molecule has 0 aliphatic rings. The molecule has 1 N–H and O–H groups in total. The average Bonchev–Trinajstić information content (AvgIpc) is 1.99. The highest BCUT2D eigenvalue weighted by atomic mass is 79.9. The Hall–Kier alpha value is -0.220. The van der Waals surface area contributed by atoms with Crippen LogP contribution in [0.5, 0.6) is 0 Å². The van der Waals surface area contributed by atoms with Crippen molar-refractivity contribution in [3.05, 3.63) is 20.6 Å². The van der Waals surface area contributed by atoms with E-state index < -0.39 is 0 Å². The molecule has 1 aromatic heterocycles. The Morgan fingerprint density at radius 3 is 2.50 bits per heavy atom. The Labute approximate surface area is 85.6 Å². The summed E-state index contributed by atoms with van der Waals surface area (Å²) in [4.78, 5) is 7.44. The molecular weight excluding hydrogens is 236 g/mol. The van der Waals surface area contributed by atoms with Crippen molar-refractivity contribution < 1.29 is 0 Å². The molecule has 0 saturated carbocycles. The largest absolute Gasteiger partial charge is 0.346 e. The van der Waals surface area contributed by atoms with Crippen molar-refractivity contribution in [2.24, 2.45) is 0 Å². The maximum absolute atomic E-state index is 5.07. The van der Waals surface area contributed by atoms with Crippen molar-refractivity contribution in [3.63, 3.8) is 0 Å². The minimum Gasteiger partial charge on any atom is -0.346 e. The van der Waals surface area contributed by atoms with Crippen molar-refractivity contribution in [2.75, 3.05) is 0 Å². The molecule has 12 heavy (non-hydrogen) atoms. The molecule has 0 aromatic carbocycles. The van der Waals surface area contributed by atoms with E-state index in [2.05, 4.69) is 39.7 Å². The summed E-state index contributed by atoms with van der Waals surface area (Å²) in [5, 5.41) is 0. The van der Waals surface area contributed by atoms with Gasteiger partial charge in [0.15, 0.2) is 0 Å². The topological polar surface area (TPSA) is 28.7 Å². The number of nitrogens with one attached hydrogen (secondary N) is 1. The van der Waals surface area contributed by atoms with E-state index in [1.165, 1.54) is 0 Å². The smallest absolute Gasteiger partial charge is 0.144 e. The van der Waals surface area contributed by atoms with E-state index in [-0.39, 0.29) is 0 Å². The molecule has 66 valence electrons. The van der Waals surface area contributed by atoms with Gasteiger partial charge in [0.25, 0.3) is 0 Å². The van der Waals surface area contributed by atoms with Crippen LogP contribution >= 0.6 is 28.1 Å². The molecule has 0 atom stereocenters. The monoisotopic (exact) mass is 246 g/mol. The summed E-state index contributed by atoms with van der Waals surface area (Å²) in [6.45, 7) is 6.15. The molecule has 0 unspecified atom stereocenters. The summed E-state index contributed by atoms with van der Waals surface area (Å²) < 4.78 is 1.52. The zero-order valence-corrected chi connectivity index (χ0v) is 9.71. The van der Waals surface area contributed by atoms with Gasteiger partial charge in [-0.1, -0.05) is 26.1 Å². The predicted octanol–water partition coefficient (Wildman–Crippen LogP) is 3.33. The second-order valence-corrected chi connectivity index (χ2v) is 4.20. The van der Waals surface area contributed by atoms with Crippen LogP contribution in [-0.4, -0.2) is 9.97 Å². The van der Waals surface area contributed by atoms with Crippen LogP contribution in [-0.2, 0) is 0 Å². The Morgan fingerprint density at radius 1 is 1.50 bits per heavy atom. The number of rotatable bonds is 1. The first kappa shape index (κ1) is 9.86. The van der Waals surface area contributed by atoms with Gasteiger partial charge in [-0.3, -0.25) is 0 Å². The van der Waals surface area contributed by atoms with Crippen LogP contribution in [0.1, 0.15) is 31.3 Å². The molecule has 0 aliphatic heterocycles. The zero-order valence-electron chi connectivity index (χ0n) is 7.31. The summed E-state index contributed by atoms with van der Waals surface area (Å²) in [7, 11) is 0. The third-order valence-corrected chi connectivity index (χ3v) is 3.13. The molecule has 0 fully saturated rings. The van der Waals surface area contributed by atoms with E-state index in [9.17, 15) is 0 Å². The summed E-state index contributed by atoms with van der Waals surface area (Å²) in [6, 6.07) is 0. The van der Waals surface area contributed by atoms with Gasteiger partial charge in [0.2, 0.25) is 0 Å². The molecule has 0 amide bonds. The Bertz CT molecular complexity index is 343. The fraction of sp³-hybridized carbons (Fsp3) is 0.500. The highest BCUT2D eigenvalue weighted by Gasteiger charge is 2.04. The van der Waals surface area contributed by atoms with Gasteiger partial charge in [0.05, 0.1) is 4.47 Å². The third-order valence-electron chi connectivity index (χ3n) is 1.60. The molecule has 4 heteroatoms. The number of H-pyrrole nitrogens is 1. The van der Waals surface area contributed by atoms with Gasteiger partial charge < -0.3 is 4.98 Å². The van der Waals surface area contributed by atoms with Crippen LogP contribution < -0.4 is 0 Å². The number of hydrogen-bond donors (Lipinski definition) is 1. The van der Waals surface area contributed by atoms with Crippen molar-refractivity contribution in [3.8, 4) is 0 Å². The second kappa shape index (κ2) is 3.66. The molecule has 1 rings (SSSR count). The number of nitrogens with zero attached hydrogens (tertiary/aromatic N) is 1. The zero-order chi connectivity index (χ0) is 9.30. The van der Waals surface area contributed by atoms with Gasteiger partial charge in [-0.2, -0.15) is 0 Å². The first-order valence-electron chi connectivity index (χ1n) is 3.78. The standard InChI is InChI=1S/C8H11BrN2S/c1-4(2)7-10-5(3)6(9)8(12)11-7/h4H,1-3H3,(H,10,11,12). The molecule has 1 heterocycles. The number of halogens is 1. The minimum atomic E-state index is 0.387. The van der Waals surface area contributed by atoms with Gasteiger partial charge in [0.1, 0.15) is 10.5 Å². The molecule has 2 nitrogen and oxygen atoms in total. The van der Waals surface area contributed by atoms with Crippen molar-refractivity contribution in [1.29, 1.82) is 0 Å². The average molecular weight is 247 g/mol. The summed E-state index contributed by atoms with van der Waals surface area (Å²) in [5.74, 6) is 1.33. The van der Waals surface area contributed by atoms with Crippen LogP contribution in [0.4, 0.5) is 0 Å². The lowest BCUT2D eigenvalue weighted by Crippen LogP contribution is -2.00. The molecular formula is C8H11BrN2S. The lowest BCUT2D eigenvalue weighted by molar-refractivity contribution is 0.760. The van der Waals surface area contributed by atoms with E-state index in [4.69, 9.17) is 12.2 Å². The fourth-order valence-corrected chi connectivity index (χ4v) is 1.31. The maximum Gasteiger partial charge on any atom is 0.144 e. The van der Waals surface area contributed by atoms with Crippen molar-refractivity contribution >= 4 is 28.1 Å². The predicted molar refractivity (Wildman–Crippen MR) is 55.9 cm³/mol. The van der Waals surface area contributed by atoms with Crippen molar-refractivity contribution in [2.45, 2.75) is 26.7 Å². The molecule has 0 radical (unpaired) electrons. The van der Waals surface area contributed by atoms with Crippen LogP contribution in [0.25, 0.3) is 0 Å².